The lowest BCUT2D eigenvalue weighted by Gasteiger charge is -2.11. The Kier molecular flexibility index (Phi) is 8.17. The van der Waals surface area contributed by atoms with E-state index in [2.05, 4.69) is 42.4 Å². The van der Waals surface area contributed by atoms with Gasteiger partial charge in [0.25, 0.3) is 5.91 Å². The number of ether oxygens (including phenoxy) is 4. The van der Waals surface area contributed by atoms with Crippen LogP contribution in [-0.2, 0) is 4.79 Å². The molecule has 0 spiro atoms. The van der Waals surface area contributed by atoms with E-state index < -0.39 is 11.9 Å². The van der Waals surface area contributed by atoms with Gasteiger partial charge in [-0.25, -0.2) is 10.2 Å². The Morgan fingerprint density at radius 2 is 1.86 bits per heavy atom. The number of fused-ring (bicyclic) bond motifs is 1. The molecule has 3 aromatic carbocycles. The van der Waals surface area contributed by atoms with Crippen molar-refractivity contribution in [2.45, 2.75) is 0 Å². The standard InChI is InChI=1S/C23H14Br2Cl2N2O6/c24-14-5-13(9-28-29-21(30)10-32-18-4-2-15(26)8-17(18)27)22(16(25)7-14)35-23(31)12-1-3-19-20(6-12)34-11-33-19/h1-9H,10-11H2,(H,29,30)/b28-9-. The summed E-state index contributed by atoms with van der Waals surface area (Å²) >= 11 is 18.6. The molecule has 0 bridgehead atoms. The van der Waals surface area contributed by atoms with E-state index in [4.69, 9.17) is 42.1 Å². The molecule has 0 saturated heterocycles. The van der Waals surface area contributed by atoms with Crippen molar-refractivity contribution in [2.24, 2.45) is 5.10 Å². The maximum absolute atomic E-state index is 12.8. The molecule has 3 aromatic rings. The Balaban J connectivity index is 1.42. The van der Waals surface area contributed by atoms with E-state index in [1.807, 2.05) is 0 Å². The Morgan fingerprint density at radius 1 is 1.06 bits per heavy atom. The SMILES string of the molecule is O=C(COc1ccc(Cl)cc1Cl)N/N=C\c1cc(Br)cc(Br)c1OC(=O)c1ccc2c(c1)OCO2. The summed E-state index contributed by atoms with van der Waals surface area (Å²) in [6, 6.07) is 12.8. The molecule has 0 aliphatic carbocycles. The minimum atomic E-state index is -0.613. The predicted molar refractivity (Wildman–Crippen MR) is 137 cm³/mol. The quantitative estimate of drug-likeness (QED) is 0.147. The lowest BCUT2D eigenvalue weighted by molar-refractivity contribution is -0.123. The predicted octanol–water partition coefficient (Wildman–Crippen LogP) is 6.00. The lowest BCUT2D eigenvalue weighted by Crippen LogP contribution is -2.24. The third-order valence-corrected chi connectivity index (χ3v) is 6.06. The first-order valence-corrected chi connectivity index (χ1v) is 12.1. The molecular formula is C23H14Br2Cl2N2O6. The number of esters is 1. The fourth-order valence-electron chi connectivity index (χ4n) is 2.90. The minimum Gasteiger partial charge on any atom is -0.482 e. The number of halogens is 4. The molecule has 0 aromatic heterocycles. The van der Waals surface area contributed by atoms with Crippen LogP contribution in [0.3, 0.4) is 0 Å². The monoisotopic (exact) mass is 642 g/mol. The molecule has 0 atom stereocenters. The molecule has 8 nitrogen and oxygen atoms in total. The van der Waals surface area contributed by atoms with Gasteiger partial charge in [0.05, 0.1) is 21.3 Å². The smallest absolute Gasteiger partial charge is 0.343 e. The van der Waals surface area contributed by atoms with Crippen molar-refractivity contribution < 1.29 is 28.5 Å². The molecular weight excluding hydrogens is 631 g/mol. The second-order valence-corrected chi connectivity index (χ2v) is 9.53. The summed E-state index contributed by atoms with van der Waals surface area (Å²) in [7, 11) is 0. The molecule has 35 heavy (non-hydrogen) atoms. The number of amides is 1. The van der Waals surface area contributed by atoms with Crippen LogP contribution < -0.4 is 24.4 Å². The molecule has 1 aliphatic rings. The maximum atomic E-state index is 12.8. The number of rotatable bonds is 7. The van der Waals surface area contributed by atoms with Gasteiger partial charge in [0, 0.05) is 15.1 Å². The molecule has 0 fully saturated rings. The number of carbonyl (C=O) groups is 2. The Hall–Kier alpha value is -2.79. The van der Waals surface area contributed by atoms with Crippen molar-refractivity contribution in [3.8, 4) is 23.0 Å². The first-order chi connectivity index (χ1) is 16.8. The molecule has 1 amide bonds. The Labute approximate surface area is 226 Å². The summed E-state index contributed by atoms with van der Waals surface area (Å²) in [4.78, 5) is 24.9. The average Bonchev–Trinajstić information content (AvgIpc) is 3.28. The van der Waals surface area contributed by atoms with Gasteiger partial charge in [0.15, 0.2) is 23.9 Å². The Morgan fingerprint density at radius 3 is 2.66 bits per heavy atom. The van der Waals surface area contributed by atoms with Crippen molar-refractivity contribution in [2.75, 3.05) is 13.4 Å². The van der Waals surface area contributed by atoms with Gasteiger partial charge < -0.3 is 18.9 Å². The van der Waals surface area contributed by atoms with E-state index in [1.54, 1.807) is 42.5 Å². The van der Waals surface area contributed by atoms with E-state index in [0.29, 0.717) is 36.8 Å². The van der Waals surface area contributed by atoms with Gasteiger partial charge in [-0.2, -0.15) is 5.10 Å². The van der Waals surface area contributed by atoms with Crippen molar-refractivity contribution in [3.63, 3.8) is 0 Å². The van der Waals surface area contributed by atoms with E-state index in [0.717, 1.165) is 0 Å². The number of hydrazone groups is 1. The number of nitrogens with one attached hydrogen (secondary N) is 1. The van der Waals surface area contributed by atoms with Crippen molar-refractivity contribution in [3.05, 3.63) is 78.6 Å². The fraction of sp³-hybridized carbons (Fsp3) is 0.0870. The summed E-state index contributed by atoms with van der Waals surface area (Å²) in [5.41, 5.74) is 3.04. The summed E-state index contributed by atoms with van der Waals surface area (Å²) in [5.74, 6) is 0.388. The van der Waals surface area contributed by atoms with Gasteiger partial charge in [-0.1, -0.05) is 39.1 Å². The van der Waals surface area contributed by atoms with Crippen LogP contribution in [0.4, 0.5) is 0 Å². The minimum absolute atomic E-state index is 0.0935. The van der Waals surface area contributed by atoms with Crippen LogP contribution in [0.5, 0.6) is 23.0 Å². The molecule has 180 valence electrons. The highest BCUT2D eigenvalue weighted by Gasteiger charge is 2.19. The summed E-state index contributed by atoms with van der Waals surface area (Å²) < 4.78 is 22.7. The Bertz CT molecular complexity index is 1340. The van der Waals surface area contributed by atoms with Crippen molar-refractivity contribution >= 4 is 73.2 Å². The van der Waals surface area contributed by atoms with Gasteiger partial charge in [-0.15, -0.1) is 0 Å². The van der Waals surface area contributed by atoms with Crippen LogP contribution >= 0.6 is 55.1 Å². The summed E-state index contributed by atoms with van der Waals surface area (Å²) in [6.45, 7) is -0.233. The highest BCUT2D eigenvalue weighted by atomic mass is 79.9. The third-order valence-electron chi connectivity index (χ3n) is 4.49. The van der Waals surface area contributed by atoms with Gasteiger partial charge in [-0.3, -0.25) is 4.79 Å². The molecule has 0 saturated carbocycles. The summed E-state index contributed by atoms with van der Waals surface area (Å²) in [6.07, 6.45) is 1.34. The van der Waals surface area contributed by atoms with Gasteiger partial charge in [0.2, 0.25) is 6.79 Å². The van der Waals surface area contributed by atoms with Crippen molar-refractivity contribution in [1.29, 1.82) is 0 Å². The van der Waals surface area contributed by atoms with Crippen LogP contribution in [0, 0.1) is 0 Å². The molecule has 0 radical (unpaired) electrons. The van der Waals surface area contributed by atoms with E-state index >= 15 is 0 Å². The lowest BCUT2D eigenvalue weighted by atomic mass is 10.2. The largest absolute Gasteiger partial charge is 0.482 e. The molecule has 12 heteroatoms. The second kappa shape index (κ2) is 11.3. The molecule has 1 aliphatic heterocycles. The van der Waals surface area contributed by atoms with Gasteiger partial charge >= 0.3 is 5.97 Å². The zero-order chi connectivity index (χ0) is 24.9. The second-order valence-electron chi connectivity index (χ2n) is 6.92. The number of carbonyl (C=O) groups excluding carboxylic acids is 2. The van der Waals surface area contributed by atoms with Crippen LogP contribution in [-0.4, -0.2) is 31.5 Å². The van der Waals surface area contributed by atoms with Crippen LogP contribution in [0.25, 0.3) is 0 Å². The highest BCUT2D eigenvalue weighted by Crippen LogP contribution is 2.35. The van der Waals surface area contributed by atoms with E-state index in [9.17, 15) is 9.59 Å². The average molecular weight is 645 g/mol. The summed E-state index contributed by atoms with van der Waals surface area (Å²) in [5, 5.41) is 4.66. The fourth-order valence-corrected chi connectivity index (χ4v) is 4.70. The zero-order valence-electron chi connectivity index (χ0n) is 17.5. The van der Waals surface area contributed by atoms with E-state index in [-0.39, 0.29) is 29.7 Å². The van der Waals surface area contributed by atoms with Gasteiger partial charge in [0.1, 0.15) is 5.75 Å². The topological polar surface area (TPSA) is 95.5 Å². The van der Waals surface area contributed by atoms with Crippen LogP contribution in [0.1, 0.15) is 15.9 Å². The molecule has 0 unspecified atom stereocenters. The van der Waals surface area contributed by atoms with Crippen molar-refractivity contribution in [1.82, 2.24) is 5.43 Å². The molecule has 4 rings (SSSR count). The molecule has 1 N–H and O–H groups in total. The van der Waals surface area contributed by atoms with Crippen LogP contribution in [0.2, 0.25) is 10.0 Å². The van der Waals surface area contributed by atoms with Gasteiger partial charge in [-0.05, 0) is 64.5 Å². The number of hydrogen-bond donors (Lipinski definition) is 1. The number of benzene rings is 3. The number of nitrogens with zero attached hydrogens (tertiary/aromatic N) is 1. The normalized spacial score (nSPS) is 12.0. The number of hydrogen-bond acceptors (Lipinski definition) is 7. The third kappa shape index (κ3) is 6.46. The highest BCUT2D eigenvalue weighted by molar-refractivity contribution is 9.11. The van der Waals surface area contributed by atoms with E-state index in [1.165, 1.54) is 12.3 Å². The maximum Gasteiger partial charge on any atom is 0.343 e. The first kappa shape index (κ1) is 25.3. The molecule has 1 heterocycles. The zero-order valence-corrected chi connectivity index (χ0v) is 22.2. The van der Waals surface area contributed by atoms with Crippen LogP contribution in [0.15, 0.2) is 62.6 Å². The first-order valence-electron chi connectivity index (χ1n) is 9.81.